The molecule has 2 saturated heterocycles. The summed E-state index contributed by atoms with van der Waals surface area (Å²) in [5.74, 6) is -3.16. The second kappa shape index (κ2) is 15.2. The molecule has 0 radical (unpaired) electrons. The molecule has 0 bridgehead atoms. The number of hydrogen-bond acceptors (Lipinski definition) is 7. The van der Waals surface area contributed by atoms with Crippen molar-refractivity contribution in [3.63, 3.8) is 0 Å². The van der Waals surface area contributed by atoms with Gasteiger partial charge in [-0.2, -0.15) is 12.7 Å². The van der Waals surface area contributed by atoms with Crippen LogP contribution in [0.2, 0.25) is 0 Å². The number of nitrogens with zero attached hydrogens (tertiary/aromatic N) is 3. The highest BCUT2D eigenvalue weighted by Gasteiger charge is 2.85. The Bertz CT molecular complexity index is 2250. The monoisotopic (exact) mass is 859 g/mol. The first kappa shape index (κ1) is 43.4. The number of fused-ring (bicyclic) bond motifs is 2. The van der Waals surface area contributed by atoms with Crippen LogP contribution < -0.4 is 20.7 Å². The van der Waals surface area contributed by atoms with Crippen molar-refractivity contribution in [1.29, 1.82) is 0 Å². The first-order valence-electron chi connectivity index (χ1n) is 22.5. The van der Waals surface area contributed by atoms with Crippen LogP contribution in [-0.4, -0.2) is 95.0 Å². The summed E-state index contributed by atoms with van der Waals surface area (Å²) in [7, 11) is -2.18. The zero-order chi connectivity index (χ0) is 43.9. The zero-order valence-electron chi connectivity index (χ0n) is 36.8. The van der Waals surface area contributed by atoms with Gasteiger partial charge in [-0.3, -0.25) is 24.0 Å². The van der Waals surface area contributed by atoms with Crippen LogP contribution in [0.25, 0.3) is 10.9 Å². The van der Waals surface area contributed by atoms with Gasteiger partial charge in [-0.25, -0.2) is 4.72 Å². The number of hydrogen-bond donors (Lipinski definition) is 4. The van der Waals surface area contributed by atoms with Crippen LogP contribution in [0.1, 0.15) is 122 Å². The lowest BCUT2D eigenvalue weighted by atomic mass is 9.73. The van der Waals surface area contributed by atoms with E-state index in [2.05, 4.69) is 41.1 Å². The molecule has 4 aliphatic carbocycles. The second-order valence-corrected chi connectivity index (χ2v) is 22.4. The van der Waals surface area contributed by atoms with Crippen molar-refractivity contribution in [1.82, 2.24) is 34.4 Å². The highest BCUT2D eigenvalue weighted by molar-refractivity contribution is 7.87. The maximum absolute atomic E-state index is 15.3. The third-order valence-electron chi connectivity index (χ3n) is 16.3. The van der Waals surface area contributed by atoms with Crippen LogP contribution in [0.4, 0.5) is 0 Å². The van der Waals surface area contributed by atoms with Crippen molar-refractivity contribution < 1.29 is 32.4 Å². The summed E-state index contributed by atoms with van der Waals surface area (Å²) in [6.45, 7) is 14.9. The molecule has 14 nitrogen and oxygen atoms in total. The van der Waals surface area contributed by atoms with E-state index in [4.69, 9.17) is 0 Å². The van der Waals surface area contributed by atoms with Gasteiger partial charge in [0.05, 0.1) is 0 Å². The summed E-state index contributed by atoms with van der Waals surface area (Å²) in [6, 6.07) is 4.51. The number of aryl methyl sites for hydroxylation is 1. The second-order valence-electron chi connectivity index (χ2n) is 20.7. The van der Waals surface area contributed by atoms with Gasteiger partial charge in [0.25, 0.3) is 11.8 Å². The molecule has 8 rings (SSSR count). The molecule has 2 aliphatic heterocycles. The lowest BCUT2D eigenvalue weighted by molar-refractivity contribution is -0.145. The largest absolute Gasteiger partial charge is 0.351 e. The topological polar surface area (TPSA) is 179 Å². The minimum absolute atomic E-state index is 0.0325. The lowest BCUT2D eigenvalue weighted by Crippen LogP contribution is -2.62. The van der Waals surface area contributed by atoms with Gasteiger partial charge in [-0.1, -0.05) is 66.4 Å². The predicted molar refractivity (Wildman–Crippen MR) is 232 cm³/mol. The van der Waals surface area contributed by atoms with Crippen LogP contribution in [0.5, 0.6) is 0 Å². The Morgan fingerprint density at radius 2 is 1.59 bits per heavy atom. The van der Waals surface area contributed by atoms with E-state index in [9.17, 15) is 27.6 Å². The summed E-state index contributed by atoms with van der Waals surface area (Å²) in [5, 5.41) is 10.1. The summed E-state index contributed by atoms with van der Waals surface area (Å²) in [6.07, 6.45) is 13.0. The SMILES string of the molecule is C=C[C@@H]1C[C@]1(NC(=O)[C@@H]1C[C@@]2(CN1C(=O)[C@@H](NC(=O)C(NC(=O)c1ccc3c(ccn3C)c1)C1CCCCC1)C(C)(C)C)C(C)(C)C21CCC1)C(=O)NS(=O)(=O)N1CCCC1. The molecule has 2 aromatic rings. The zero-order valence-corrected chi connectivity index (χ0v) is 37.6. The van der Waals surface area contributed by atoms with Crippen LogP contribution in [0.3, 0.4) is 0 Å². The number of nitrogens with one attached hydrogen (secondary N) is 4. The minimum Gasteiger partial charge on any atom is -0.351 e. The fourth-order valence-corrected chi connectivity index (χ4v) is 13.4. The van der Waals surface area contributed by atoms with E-state index in [0.717, 1.165) is 62.3 Å². The quantitative estimate of drug-likeness (QED) is 0.224. The summed E-state index contributed by atoms with van der Waals surface area (Å²) >= 11 is 0. The Kier molecular flexibility index (Phi) is 10.8. The van der Waals surface area contributed by atoms with E-state index in [-0.39, 0.29) is 34.5 Å². The Labute approximate surface area is 360 Å². The molecule has 2 spiro atoms. The van der Waals surface area contributed by atoms with Gasteiger partial charge in [0, 0.05) is 60.7 Å². The lowest BCUT2D eigenvalue weighted by Gasteiger charge is -2.38. The van der Waals surface area contributed by atoms with E-state index >= 15 is 4.79 Å². The van der Waals surface area contributed by atoms with Crippen molar-refractivity contribution in [2.45, 2.75) is 135 Å². The van der Waals surface area contributed by atoms with Crippen LogP contribution in [0, 0.1) is 33.5 Å². The molecule has 1 unspecified atom stereocenters. The first-order chi connectivity index (χ1) is 28.7. The van der Waals surface area contributed by atoms with Crippen LogP contribution in [-0.2, 0) is 36.4 Å². The number of rotatable bonds is 12. The molecule has 4 N–H and O–H groups in total. The van der Waals surface area contributed by atoms with Crippen molar-refractivity contribution in [2.24, 2.45) is 40.5 Å². The maximum Gasteiger partial charge on any atom is 0.303 e. The van der Waals surface area contributed by atoms with Gasteiger partial charge >= 0.3 is 10.2 Å². The standard InChI is InChI=1S/C46H65N7O7S/c1-8-32-26-46(32,41(58)50-61(59,60)52-22-12-13-23-52)49-38(55)34-27-45(43(5,6)44(45)20-14-21-44)28-53(34)40(57)36(42(2,3)4)48-39(56)35(29-15-10-9-11-16-29)47-37(54)31-17-18-33-30(25-31)19-24-51(33)7/h8,17-19,24-25,29,32,34-36H,1,9-16,20-23,26-28H2,2-7H3,(H,47,54)(H,48,56)(H,49,55)(H,50,58)/t32-,34+,35?,36-,45-,46-/m1/s1. The number of amides is 5. The summed E-state index contributed by atoms with van der Waals surface area (Å²) < 4.78 is 31.9. The molecule has 6 atom stereocenters. The fourth-order valence-electron chi connectivity index (χ4n) is 12.2. The highest BCUT2D eigenvalue weighted by atomic mass is 32.2. The number of carbonyl (C=O) groups excluding carboxylic acids is 5. The minimum atomic E-state index is -4.12. The van der Waals surface area contributed by atoms with Crippen LogP contribution in [0.15, 0.2) is 43.1 Å². The molecule has 15 heteroatoms. The number of aromatic nitrogens is 1. The summed E-state index contributed by atoms with van der Waals surface area (Å²) in [5.41, 5.74) is -1.44. The molecule has 4 saturated carbocycles. The van der Waals surface area contributed by atoms with E-state index < -0.39 is 68.8 Å². The van der Waals surface area contributed by atoms with Gasteiger partial charge < -0.3 is 25.4 Å². The van der Waals surface area contributed by atoms with E-state index in [1.807, 2.05) is 56.8 Å². The average molecular weight is 860 g/mol. The van der Waals surface area contributed by atoms with Crippen molar-refractivity contribution in [2.75, 3.05) is 19.6 Å². The average Bonchev–Trinajstić information content (AvgIpc) is 3.58. The number of likely N-dealkylation sites (tertiary alicyclic amines) is 1. The normalized spacial score (nSPS) is 29.1. The van der Waals surface area contributed by atoms with Crippen LogP contribution >= 0.6 is 0 Å². The van der Waals surface area contributed by atoms with E-state index in [1.165, 1.54) is 4.31 Å². The number of benzene rings is 1. The molecule has 6 aliphatic rings. The number of carbonyl (C=O) groups is 5. The van der Waals surface area contributed by atoms with E-state index in [1.54, 1.807) is 17.0 Å². The van der Waals surface area contributed by atoms with E-state index in [0.29, 0.717) is 44.5 Å². The van der Waals surface area contributed by atoms with Gasteiger partial charge in [0.1, 0.15) is 23.7 Å². The molecular formula is C46H65N7O7S. The van der Waals surface area contributed by atoms with Crippen molar-refractivity contribution in [3.05, 3.63) is 48.7 Å². The molecule has 6 fully saturated rings. The molecule has 5 amide bonds. The Morgan fingerprint density at radius 3 is 2.18 bits per heavy atom. The van der Waals surface area contributed by atoms with Gasteiger partial charge in [-0.15, -0.1) is 6.58 Å². The smallest absolute Gasteiger partial charge is 0.303 e. The molecule has 61 heavy (non-hydrogen) atoms. The molecule has 3 heterocycles. The Balaban J connectivity index is 1.06. The van der Waals surface area contributed by atoms with Crippen molar-refractivity contribution in [3.8, 4) is 0 Å². The predicted octanol–water partition coefficient (Wildman–Crippen LogP) is 4.70. The fraction of sp³-hybridized carbons (Fsp3) is 0.674. The molecule has 1 aromatic heterocycles. The van der Waals surface area contributed by atoms with Gasteiger partial charge in [0.2, 0.25) is 17.7 Å². The third kappa shape index (κ3) is 7.09. The first-order valence-corrected chi connectivity index (χ1v) is 23.9. The Hall–Kier alpha value is -4.24. The molecule has 332 valence electrons. The summed E-state index contributed by atoms with van der Waals surface area (Å²) in [4.78, 5) is 74.2. The van der Waals surface area contributed by atoms with Gasteiger partial charge in [0.15, 0.2) is 0 Å². The third-order valence-corrected chi connectivity index (χ3v) is 17.8. The van der Waals surface area contributed by atoms with Crippen molar-refractivity contribution >= 4 is 50.6 Å². The molecular weight excluding hydrogens is 795 g/mol. The molecule has 1 aromatic carbocycles. The highest BCUT2D eigenvalue weighted by Crippen LogP contribution is 2.88. The maximum atomic E-state index is 15.3. The van der Waals surface area contributed by atoms with Gasteiger partial charge in [-0.05, 0) is 97.8 Å². The Morgan fingerprint density at radius 1 is 0.902 bits per heavy atom.